The predicted molar refractivity (Wildman–Crippen MR) is 87.3 cm³/mol. The molecule has 9 nitrogen and oxygen atoms in total. The summed E-state index contributed by atoms with van der Waals surface area (Å²) in [4.78, 5) is 20.6. The molecule has 0 aliphatic carbocycles. The highest BCUT2D eigenvalue weighted by atomic mass is 16.6. The van der Waals surface area contributed by atoms with Gasteiger partial charge in [-0.05, 0) is 24.6 Å². The number of benzene rings is 2. The van der Waals surface area contributed by atoms with Crippen LogP contribution in [0.2, 0.25) is 0 Å². The van der Waals surface area contributed by atoms with Gasteiger partial charge in [-0.3, -0.25) is 20.2 Å². The summed E-state index contributed by atoms with van der Waals surface area (Å²) in [6, 6.07) is 6.77. The van der Waals surface area contributed by atoms with E-state index in [1.165, 1.54) is 26.4 Å². The topological polar surface area (TPSA) is 117 Å². The van der Waals surface area contributed by atoms with Gasteiger partial charge in [0.25, 0.3) is 11.4 Å². The molecule has 0 atom stereocenters. The van der Waals surface area contributed by atoms with Gasteiger partial charge in [-0.1, -0.05) is 0 Å². The normalized spacial score (nSPS) is 10.1. The first-order chi connectivity index (χ1) is 11.4. The molecule has 24 heavy (non-hydrogen) atoms. The Morgan fingerprint density at radius 2 is 1.54 bits per heavy atom. The minimum atomic E-state index is -0.682. The number of rotatable bonds is 6. The van der Waals surface area contributed by atoms with Gasteiger partial charge in [0.1, 0.15) is 5.69 Å². The molecule has 0 spiro atoms. The second-order valence-electron chi connectivity index (χ2n) is 4.86. The number of methoxy groups -OCH3 is 2. The van der Waals surface area contributed by atoms with Gasteiger partial charge in [-0.15, -0.1) is 0 Å². The van der Waals surface area contributed by atoms with E-state index in [1.807, 2.05) is 0 Å². The Morgan fingerprint density at radius 1 is 0.917 bits per heavy atom. The van der Waals surface area contributed by atoms with Crippen molar-refractivity contribution in [2.45, 2.75) is 6.92 Å². The molecule has 2 aromatic carbocycles. The third kappa shape index (κ3) is 3.35. The maximum atomic E-state index is 11.2. The first-order valence-corrected chi connectivity index (χ1v) is 6.79. The zero-order chi connectivity index (χ0) is 17.9. The molecule has 0 aromatic heterocycles. The number of nitro groups is 2. The van der Waals surface area contributed by atoms with E-state index >= 15 is 0 Å². The molecule has 126 valence electrons. The fraction of sp³-hybridized carbons (Fsp3) is 0.200. The van der Waals surface area contributed by atoms with Crippen LogP contribution < -0.4 is 14.8 Å². The summed E-state index contributed by atoms with van der Waals surface area (Å²) in [6.07, 6.45) is 0. The van der Waals surface area contributed by atoms with Gasteiger partial charge in [-0.25, -0.2) is 0 Å². The van der Waals surface area contributed by atoms with Crippen LogP contribution in [0.15, 0.2) is 30.3 Å². The van der Waals surface area contributed by atoms with E-state index in [0.717, 1.165) is 11.6 Å². The average molecular weight is 333 g/mol. The first-order valence-electron chi connectivity index (χ1n) is 6.79. The van der Waals surface area contributed by atoms with Crippen molar-refractivity contribution in [3.63, 3.8) is 0 Å². The van der Waals surface area contributed by atoms with Crippen LogP contribution in [0.4, 0.5) is 22.7 Å². The largest absolute Gasteiger partial charge is 0.493 e. The second kappa shape index (κ2) is 6.82. The van der Waals surface area contributed by atoms with Crippen LogP contribution in [0.5, 0.6) is 11.5 Å². The standard InChI is InChI=1S/C15H15N3O6/c1-9-6-14(23-2)15(24-3)8-12(9)16-11-5-4-10(17(19)20)7-13(11)18(21)22/h4-8,16H,1-3H3. The van der Waals surface area contributed by atoms with Crippen LogP contribution in [-0.4, -0.2) is 24.1 Å². The SMILES string of the molecule is COc1cc(C)c(Nc2ccc([N+](=O)[O-])cc2[N+](=O)[O-])cc1OC. The molecule has 1 N–H and O–H groups in total. The van der Waals surface area contributed by atoms with Crippen LogP contribution in [0.25, 0.3) is 0 Å². The van der Waals surface area contributed by atoms with Gasteiger partial charge in [0.05, 0.1) is 30.1 Å². The highest BCUT2D eigenvalue weighted by Crippen LogP contribution is 2.37. The lowest BCUT2D eigenvalue weighted by atomic mass is 10.1. The smallest absolute Gasteiger partial charge is 0.299 e. The van der Waals surface area contributed by atoms with Crippen molar-refractivity contribution in [2.75, 3.05) is 19.5 Å². The van der Waals surface area contributed by atoms with Crippen LogP contribution in [-0.2, 0) is 0 Å². The summed E-state index contributed by atoms with van der Waals surface area (Å²) < 4.78 is 10.4. The minimum Gasteiger partial charge on any atom is -0.493 e. The van der Waals surface area contributed by atoms with E-state index in [1.54, 1.807) is 19.1 Å². The molecule has 0 radical (unpaired) electrons. The molecule has 0 bridgehead atoms. The Balaban J connectivity index is 2.48. The molecule has 0 amide bonds. The third-order valence-electron chi connectivity index (χ3n) is 3.39. The zero-order valence-electron chi connectivity index (χ0n) is 13.2. The van der Waals surface area contributed by atoms with Crippen LogP contribution >= 0.6 is 0 Å². The molecule has 0 fully saturated rings. The number of ether oxygens (including phenoxy) is 2. The summed E-state index contributed by atoms with van der Waals surface area (Å²) in [6.45, 7) is 1.79. The summed E-state index contributed by atoms with van der Waals surface area (Å²) in [5.41, 5.74) is 0.723. The molecule has 9 heteroatoms. The van der Waals surface area contributed by atoms with E-state index in [-0.39, 0.29) is 11.4 Å². The van der Waals surface area contributed by atoms with Crippen molar-refractivity contribution in [1.29, 1.82) is 0 Å². The van der Waals surface area contributed by atoms with Crippen molar-refractivity contribution >= 4 is 22.7 Å². The molecule has 0 saturated carbocycles. The first kappa shape index (κ1) is 17.0. The molecule has 2 aromatic rings. The van der Waals surface area contributed by atoms with Crippen molar-refractivity contribution in [3.8, 4) is 11.5 Å². The van der Waals surface area contributed by atoms with Gasteiger partial charge in [0.15, 0.2) is 11.5 Å². The van der Waals surface area contributed by atoms with Crippen molar-refractivity contribution in [1.82, 2.24) is 0 Å². The Labute approximate surface area is 137 Å². The number of nitrogens with one attached hydrogen (secondary N) is 1. The highest BCUT2D eigenvalue weighted by molar-refractivity contribution is 5.74. The van der Waals surface area contributed by atoms with Gasteiger partial charge in [0, 0.05) is 17.8 Å². The van der Waals surface area contributed by atoms with Crippen molar-refractivity contribution in [2.24, 2.45) is 0 Å². The number of nitrogens with zero attached hydrogens (tertiary/aromatic N) is 2. The molecule has 2 rings (SSSR count). The number of non-ortho nitro benzene ring substituents is 1. The molecule has 0 heterocycles. The fourth-order valence-electron chi connectivity index (χ4n) is 2.15. The molecular formula is C15H15N3O6. The number of anilines is 2. The number of aryl methyl sites for hydroxylation is 1. The summed E-state index contributed by atoms with van der Waals surface area (Å²) in [5.74, 6) is 0.980. The lowest BCUT2D eigenvalue weighted by Gasteiger charge is -2.14. The maximum Gasteiger partial charge on any atom is 0.299 e. The Hall–Kier alpha value is -3.36. The van der Waals surface area contributed by atoms with E-state index in [2.05, 4.69) is 5.32 Å². The minimum absolute atomic E-state index is 0.140. The highest BCUT2D eigenvalue weighted by Gasteiger charge is 2.20. The Bertz CT molecular complexity index is 806. The van der Waals surface area contributed by atoms with Gasteiger partial charge in [0.2, 0.25) is 0 Å². The maximum absolute atomic E-state index is 11.2. The van der Waals surface area contributed by atoms with E-state index in [4.69, 9.17) is 9.47 Å². The van der Waals surface area contributed by atoms with Crippen molar-refractivity contribution < 1.29 is 19.3 Å². The number of hydrogen-bond donors (Lipinski definition) is 1. The quantitative estimate of drug-likeness (QED) is 0.634. The summed E-state index contributed by atoms with van der Waals surface area (Å²) >= 11 is 0. The lowest BCUT2D eigenvalue weighted by molar-refractivity contribution is -0.393. The monoisotopic (exact) mass is 333 g/mol. The average Bonchev–Trinajstić information content (AvgIpc) is 2.56. The van der Waals surface area contributed by atoms with E-state index < -0.39 is 15.5 Å². The number of hydrogen-bond acceptors (Lipinski definition) is 7. The second-order valence-corrected chi connectivity index (χ2v) is 4.86. The van der Waals surface area contributed by atoms with Crippen LogP contribution in [0.1, 0.15) is 5.56 Å². The Kier molecular flexibility index (Phi) is 4.83. The van der Waals surface area contributed by atoms with Gasteiger partial charge >= 0.3 is 0 Å². The predicted octanol–water partition coefficient (Wildman–Crippen LogP) is 3.57. The third-order valence-corrected chi connectivity index (χ3v) is 3.39. The number of nitro benzene ring substituents is 2. The zero-order valence-corrected chi connectivity index (χ0v) is 13.2. The molecule has 0 aliphatic rings. The summed E-state index contributed by atoms with van der Waals surface area (Å²) in [7, 11) is 2.98. The van der Waals surface area contributed by atoms with E-state index in [9.17, 15) is 20.2 Å². The van der Waals surface area contributed by atoms with Crippen LogP contribution in [0, 0.1) is 27.2 Å². The fourth-order valence-corrected chi connectivity index (χ4v) is 2.15. The van der Waals surface area contributed by atoms with E-state index in [0.29, 0.717) is 17.2 Å². The molecule has 0 saturated heterocycles. The van der Waals surface area contributed by atoms with Gasteiger partial charge < -0.3 is 14.8 Å². The lowest BCUT2D eigenvalue weighted by Crippen LogP contribution is -2.01. The molecule has 0 unspecified atom stereocenters. The molecular weight excluding hydrogens is 318 g/mol. The van der Waals surface area contributed by atoms with Crippen molar-refractivity contribution in [3.05, 3.63) is 56.1 Å². The molecule has 0 aliphatic heterocycles. The summed E-state index contributed by atoms with van der Waals surface area (Å²) in [5, 5.41) is 24.9. The van der Waals surface area contributed by atoms with Crippen LogP contribution in [0.3, 0.4) is 0 Å². The van der Waals surface area contributed by atoms with Gasteiger partial charge in [-0.2, -0.15) is 0 Å². The Morgan fingerprint density at radius 3 is 2.08 bits per heavy atom.